The van der Waals surface area contributed by atoms with Gasteiger partial charge >= 0.3 is 5.97 Å². The second-order valence-corrected chi connectivity index (χ2v) is 7.13. The minimum atomic E-state index is -0.110. The lowest BCUT2D eigenvalue weighted by Crippen LogP contribution is -2.14. The minimum absolute atomic E-state index is 0.0307. The Morgan fingerprint density at radius 2 is 1.96 bits per heavy atom. The maximum absolute atomic E-state index is 11.7. The first-order valence-electron chi connectivity index (χ1n) is 9.73. The number of benzene rings is 2. The lowest BCUT2D eigenvalue weighted by Gasteiger charge is -2.09. The molecule has 1 unspecified atom stereocenters. The molecule has 4 rings (SSSR count). The second kappa shape index (κ2) is 7.97. The number of rotatable bonds is 7. The Labute approximate surface area is 164 Å². The molecule has 0 N–H and O–H groups in total. The summed E-state index contributed by atoms with van der Waals surface area (Å²) in [5.74, 6) is 2.16. The van der Waals surface area contributed by atoms with E-state index in [0.29, 0.717) is 6.61 Å². The van der Waals surface area contributed by atoms with Crippen LogP contribution >= 0.6 is 0 Å². The molecule has 1 aromatic heterocycles. The molecule has 1 aliphatic rings. The quantitative estimate of drug-likeness (QED) is 0.408. The molecule has 0 bridgehead atoms. The summed E-state index contributed by atoms with van der Waals surface area (Å²) in [6, 6.07) is 14.0. The highest BCUT2D eigenvalue weighted by molar-refractivity contribution is 5.83. The van der Waals surface area contributed by atoms with Gasteiger partial charge in [-0.2, -0.15) is 0 Å². The van der Waals surface area contributed by atoms with Crippen LogP contribution in [0.1, 0.15) is 32.3 Å². The summed E-state index contributed by atoms with van der Waals surface area (Å²) in [5, 5.41) is 1.06. The van der Waals surface area contributed by atoms with Gasteiger partial charge in [-0.3, -0.25) is 4.79 Å². The highest BCUT2D eigenvalue weighted by atomic mass is 16.7. The Kier molecular flexibility index (Phi) is 5.24. The number of carbonyl (C=O) groups excluding carboxylic acids is 1. The first-order chi connectivity index (χ1) is 13.6. The van der Waals surface area contributed by atoms with Gasteiger partial charge in [0.15, 0.2) is 11.5 Å². The second-order valence-electron chi connectivity index (χ2n) is 7.13. The average Bonchev–Trinajstić information content (AvgIpc) is 3.35. The van der Waals surface area contributed by atoms with Crippen molar-refractivity contribution in [1.82, 2.24) is 0 Å². The van der Waals surface area contributed by atoms with E-state index in [1.165, 1.54) is 5.56 Å². The number of carbonyl (C=O) groups is 1. The van der Waals surface area contributed by atoms with E-state index >= 15 is 0 Å². The van der Waals surface area contributed by atoms with Gasteiger partial charge in [-0.25, -0.2) is 0 Å². The number of aryl methyl sites for hydroxylation is 1. The summed E-state index contributed by atoms with van der Waals surface area (Å²) >= 11 is 0. The summed E-state index contributed by atoms with van der Waals surface area (Å²) in [7, 11) is 0. The fourth-order valence-electron chi connectivity index (χ4n) is 3.20. The molecule has 0 fully saturated rings. The first-order valence-corrected chi connectivity index (χ1v) is 9.73. The van der Waals surface area contributed by atoms with Crippen LogP contribution < -0.4 is 9.47 Å². The van der Waals surface area contributed by atoms with Crippen molar-refractivity contribution >= 4 is 16.9 Å². The standard InChI is InChI=1S/C23H24O5/c1-3-15(2)23(24)25-10-4-5-16-6-8-19-18(11-16)13-21(28-19)17-7-9-20-22(12-17)27-14-26-20/h6-9,11-13,15H,3-5,10,14H2,1-2H3. The van der Waals surface area contributed by atoms with Crippen LogP contribution in [0.2, 0.25) is 0 Å². The lowest BCUT2D eigenvalue weighted by atomic mass is 10.1. The third kappa shape index (κ3) is 3.84. The van der Waals surface area contributed by atoms with Crippen LogP contribution in [0, 0.1) is 5.92 Å². The first kappa shape index (κ1) is 18.4. The minimum Gasteiger partial charge on any atom is -0.465 e. The van der Waals surface area contributed by atoms with Crippen LogP contribution in [-0.2, 0) is 16.0 Å². The van der Waals surface area contributed by atoms with E-state index in [1.807, 2.05) is 44.2 Å². The number of hydrogen-bond donors (Lipinski definition) is 0. The van der Waals surface area contributed by atoms with Gasteiger partial charge < -0.3 is 18.6 Å². The van der Waals surface area contributed by atoms with Gasteiger partial charge in [-0.1, -0.05) is 19.9 Å². The Balaban J connectivity index is 1.41. The van der Waals surface area contributed by atoms with Crippen molar-refractivity contribution in [2.24, 2.45) is 5.92 Å². The number of ether oxygens (including phenoxy) is 3. The van der Waals surface area contributed by atoms with Crippen molar-refractivity contribution in [3.63, 3.8) is 0 Å². The van der Waals surface area contributed by atoms with Crippen LogP contribution in [0.3, 0.4) is 0 Å². The molecule has 0 saturated heterocycles. The van der Waals surface area contributed by atoms with Gasteiger partial charge in [0.25, 0.3) is 0 Å². The Bertz CT molecular complexity index is 988. The van der Waals surface area contributed by atoms with Crippen molar-refractivity contribution in [3.8, 4) is 22.8 Å². The maximum Gasteiger partial charge on any atom is 0.308 e. The van der Waals surface area contributed by atoms with E-state index < -0.39 is 0 Å². The Morgan fingerprint density at radius 3 is 2.82 bits per heavy atom. The van der Waals surface area contributed by atoms with E-state index in [-0.39, 0.29) is 18.7 Å². The monoisotopic (exact) mass is 380 g/mol. The summed E-state index contributed by atoms with van der Waals surface area (Å²) in [6.45, 7) is 4.60. The topological polar surface area (TPSA) is 57.9 Å². The molecule has 3 aromatic rings. The summed E-state index contributed by atoms with van der Waals surface area (Å²) < 4.78 is 22.1. The fraction of sp³-hybridized carbons (Fsp3) is 0.348. The van der Waals surface area contributed by atoms with Gasteiger partial charge in [0.05, 0.1) is 12.5 Å². The molecule has 0 saturated carbocycles. The highest BCUT2D eigenvalue weighted by Gasteiger charge is 2.16. The molecule has 1 atom stereocenters. The molecule has 0 spiro atoms. The molecule has 5 nitrogen and oxygen atoms in total. The van der Waals surface area contributed by atoms with Gasteiger partial charge in [-0.15, -0.1) is 0 Å². The third-order valence-electron chi connectivity index (χ3n) is 5.11. The fourth-order valence-corrected chi connectivity index (χ4v) is 3.20. The largest absolute Gasteiger partial charge is 0.465 e. The lowest BCUT2D eigenvalue weighted by molar-refractivity contribution is -0.148. The van der Waals surface area contributed by atoms with Crippen molar-refractivity contribution in [3.05, 3.63) is 48.0 Å². The smallest absolute Gasteiger partial charge is 0.308 e. The highest BCUT2D eigenvalue weighted by Crippen LogP contribution is 2.37. The maximum atomic E-state index is 11.7. The Morgan fingerprint density at radius 1 is 1.11 bits per heavy atom. The van der Waals surface area contributed by atoms with Crippen LogP contribution in [-0.4, -0.2) is 19.4 Å². The van der Waals surface area contributed by atoms with Gasteiger partial charge in [0.1, 0.15) is 11.3 Å². The van der Waals surface area contributed by atoms with E-state index in [9.17, 15) is 4.79 Å². The van der Waals surface area contributed by atoms with Crippen molar-refractivity contribution in [2.75, 3.05) is 13.4 Å². The summed E-state index contributed by atoms with van der Waals surface area (Å²) in [6.07, 6.45) is 2.47. The van der Waals surface area contributed by atoms with Crippen molar-refractivity contribution in [1.29, 1.82) is 0 Å². The van der Waals surface area contributed by atoms with Crippen LogP contribution in [0.4, 0.5) is 0 Å². The molecule has 0 radical (unpaired) electrons. The average molecular weight is 380 g/mol. The van der Waals surface area contributed by atoms with Gasteiger partial charge in [0, 0.05) is 10.9 Å². The molecular formula is C23H24O5. The predicted octanol–water partition coefficient (Wildman–Crippen LogP) is 5.35. The molecule has 2 aromatic carbocycles. The van der Waals surface area contributed by atoms with E-state index in [4.69, 9.17) is 18.6 Å². The van der Waals surface area contributed by atoms with Crippen molar-refractivity contribution in [2.45, 2.75) is 33.1 Å². The molecule has 28 heavy (non-hydrogen) atoms. The zero-order chi connectivity index (χ0) is 19.5. The van der Waals surface area contributed by atoms with Crippen molar-refractivity contribution < 1.29 is 23.4 Å². The molecule has 146 valence electrons. The Hall–Kier alpha value is -2.95. The normalized spacial score (nSPS) is 13.6. The van der Waals surface area contributed by atoms with E-state index in [0.717, 1.165) is 53.1 Å². The zero-order valence-electron chi connectivity index (χ0n) is 16.2. The summed E-state index contributed by atoms with van der Waals surface area (Å²) in [5.41, 5.74) is 3.00. The predicted molar refractivity (Wildman–Crippen MR) is 107 cm³/mol. The summed E-state index contributed by atoms with van der Waals surface area (Å²) in [4.78, 5) is 11.7. The van der Waals surface area contributed by atoms with Crippen LogP contribution in [0.5, 0.6) is 11.5 Å². The van der Waals surface area contributed by atoms with Crippen LogP contribution in [0.25, 0.3) is 22.3 Å². The molecule has 5 heteroatoms. The van der Waals surface area contributed by atoms with E-state index in [1.54, 1.807) is 0 Å². The third-order valence-corrected chi connectivity index (χ3v) is 5.11. The number of esters is 1. The number of hydrogen-bond acceptors (Lipinski definition) is 5. The SMILES string of the molecule is CCC(C)C(=O)OCCCc1ccc2oc(-c3ccc4c(c3)OCO4)cc2c1. The van der Waals surface area contributed by atoms with Crippen LogP contribution in [0.15, 0.2) is 46.9 Å². The zero-order valence-corrected chi connectivity index (χ0v) is 16.2. The molecule has 1 aliphatic heterocycles. The molecule has 0 aliphatic carbocycles. The molecular weight excluding hydrogens is 356 g/mol. The molecule has 2 heterocycles. The number of furan rings is 1. The van der Waals surface area contributed by atoms with Gasteiger partial charge in [0.2, 0.25) is 6.79 Å². The van der Waals surface area contributed by atoms with E-state index in [2.05, 4.69) is 12.1 Å². The van der Waals surface area contributed by atoms with Gasteiger partial charge in [-0.05, 0) is 61.2 Å². The molecule has 0 amide bonds. The number of fused-ring (bicyclic) bond motifs is 2.